The van der Waals surface area contributed by atoms with Gasteiger partial charge in [0.25, 0.3) is 0 Å². The molecular formula is C29H42ClN5O3. The van der Waals surface area contributed by atoms with Crippen LogP contribution in [0, 0.1) is 5.41 Å². The summed E-state index contributed by atoms with van der Waals surface area (Å²) in [5.74, 6) is 0.184. The topological polar surface area (TPSA) is 76.2 Å². The standard InChI is InChI=1S/C29H42ClN5O3/c1-22(36)32(2)29(9-3-4-10-29)27(38)35-14-11-28(12-15-35)21-24(31-26(28)37)8-13-33-16-18-34(19-17-33)25-7-5-6-23(30)20-25/h5-7,20,24H,3-4,8-19,21H2,1-2H3,(H,31,37)/t24-/m0/s1. The molecule has 3 heterocycles. The van der Waals surface area contributed by atoms with Gasteiger partial charge in [0.1, 0.15) is 5.54 Å². The number of benzene rings is 1. The molecule has 0 radical (unpaired) electrons. The first-order chi connectivity index (χ1) is 18.2. The van der Waals surface area contributed by atoms with Gasteiger partial charge in [-0.3, -0.25) is 19.3 Å². The van der Waals surface area contributed by atoms with Crippen molar-refractivity contribution in [3.63, 3.8) is 0 Å². The number of likely N-dealkylation sites (tertiary alicyclic amines) is 1. The van der Waals surface area contributed by atoms with Crippen molar-refractivity contribution in [3.8, 4) is 0 Å². The van der Waals surface area contributed by atoms with Crippen molar-refractivity contribution in [1.29, 1.82) is 0 Å². The van der Waals surface area contributed by atoms with Gasteiger partial charge >= 0.3 is 0 Å². The number of hydrogen-bond acceptors (Lipinski definition) is 5. The lowest BCUT2D eigenvalue weighted by molar-refractivity contribution is -0.154. The number of anilines is 1. The summed E-state index contributed by atoms with van der Waals surface area (Å²) in [5, 5.41) is 4.06. The van der Waals surface area contributed by atoms with Gasteiger partial charge in [0.15, 0.2) is 0 Å². The van der Waals surface area contributed by atoms with Gasteiger partial charge < -0.3 is 20.0 Å². The third-order valence-electron chi connectivity index (χ3n) is 9.74. The van der Waals surface area contributed by atoms with Crippen LogP contribution in [0.1, 0.15) is 58.3 Å². The summed E-state index contributed by atoms with van der Waals surface area (Å²) in [6.45, 7) is 7.68. The molecule has 1 saturated carbocycles. The molecule has 0 bridgehead atoms. The molecule has 208 valence electrons. The molecule has 1 spiro atoms. The molecule has 9 heteroatoms. The van der Waals surface area contributed by atoms with Gasteiger partial charge in [-0.25, -0.2) is 0 Å². The molecule has 3 aliphatic heterocycles. The van der Waals surface area contributed by atoms with Gasteiger partial charge in [0.2, 0.25) is 17.7 Å². The number of nitrogens with zero attached hydrogens (tertiary/aromatic N) is 4. The summed E-state index contributed by atoms with van der Waals surface area (Å²) in [6.07, 6.45) is 6.65. The molecule has 3 amide bonds. The maximum atomic E-state index is 13.6. The highest BCUT2D eigenvalue weighted by atomic mass is 35.5. The molecule has 0 aromatic heterocycles. The zero-order chi connectivity index (χ0) is 26.9. The van der Waals surface area contributed by atoms with Crippen LogP contribution in [0.4, 0.5) is 5.69 Å². The second-order valence-corrected chi connectivity index (χ2v) is 12.3. The van der Waals surface area contributed by atoms with Gasteiger partial charge in [-0.05, 0) is 56.7 Å². The van der Waals surface area contributed by atoms with Crippen LogP contribution < -0.4 is 10.2 Å². The van der Waals surface area contributed by atoms with Crippen LogP contribution >= 0.6 is 11.6 Å². The average Bonchev–Trinajstić information content (AvgIpc) is 3.53. The van der Waals surface area contributed by atoms with E-state index in [0.717, 1.165) is 76.3 Å². The lowest BCUT2D eigenvalue weighted by atomic mass is 9.75. The summed E-state index contributed by atoms with van der Waals surface area (Å²) < 4.78 is 0. The average molecular weight is 544 g/mol. The second-order valence-electron chi connectivity index (χ2n) is 11.9. The Morgan fingerprint density at radius 2 is 1.74 bits per heavy atom. The molecule has 1 aromatic carbocycles. The number of piperidine rings is 1. The minimum absolute atomic E-state index is 0.0578. The minimum Gasteiger partial charge on any atom is -0.369 e. The fraction of sp³-hybridized carbons (Fsp3) is 0.690. The van der Waals surface area contributed by atoms with E-state index in [1.54, 1.807) is 18.9 Å². The third-order valence-corrected chi connectivity index (χ3v) is 9.98. The van der Waals surface area contributed by atoms with Crippen molar-refractivity contribution in [3.05, 3.63) is 29.3 Å². The van der Waals surface area contributed by atoms with Crippen LogP contribution in [-0.4, -0.2) is 96.9 Å². The van der Waals surface area contributed by atoms with Gasteiger partial charge in [-0.1, -0.05) is 30.5 Å². The molecule has 1 atom stereocenters. The second kappa shape index (κ2) is 11.0. The van der Waals surface area contributed by atoms with E-state index in [2.05, 4.69) is 21.2 Å². The van der Waals surface area contributed by atoms with Crippen molar-refractivity contribution in [2.45, 2.75) is 69.9 Å². The van der Waals surface area contributed by atoms with Crippen LogP contribution in [0.2, 0.25) is 5.02 Å². The number of rotatable bonds is 6. The largest absolute Gasteiger partial charge is 0.369 e. The van der Waals surface area contributed by atoms with E-state index < -0.39 is 5.54 Å². The zero-order valence-corrected chi connectivity index (χ0v) is 23.6. The third kappa shape index (κ3) is 5.26. The molecular weight excluding hydrogens is 502 g/mol. The lowest BCUT2D eigenvalue weighted by Gasteiger charge is -2.44. The summed E-state index contributed by atoms with van der Waals surface area (Å²) >= 11 is 6.17. The molecule has 5 rings (SSSR count). The molecule has 38 heavy (non-hydrogen) atoms. The molecule has 1 N–H and O–H groups in total. The maximum Gasteiger partial charge on any atom is 0.248 e. The van der Waals surface area contributed by atoms with Crippen LogP contribution in [0.15, 0.2) is 24.3 Å². The first-order valence-corrected chi connectivity index (χ1v) is 14.7. The first-order valence-electron chi connectivity index (χ1n) is 14.3. The summed E-state index contributed by atoms with van der Waals surface area (Å²) in [7, 11) is 1.77. The zero-order valence-electron chi connectivity index (χ0n) is 22.9. The van der Waals surface area contributed by atoms with Crippen LogP contribution in [0.3, 0.4) is 0 Å². The van der Waals surface area contributed by atoms with E-state index in [-0.39, 0.29) is 29.2 Å². The Bertz CT molecular complexity index is 1040. The van der Waals surface area contributed by atoms with Crippen molar-refractivity contribution in [2.24, 2.45) is 5.41 Å². The fourth-order valence-electron chi connectivity index (χ4n) is 7.19. The predicted octanol–water partition coefficient (Wildman–Crippen LogP) is 3.14. The SMILES string of the molecule is CC(=O)N(C)C1(C(=O)N2CCC3(CC2)C[C@H](CCN2CCN(c4cccc(Cl)c4)CC2)NC3=O)CCCC1. The van der Waals surface area contributed by atoms with Gasteiger partial charge in [-0.2, -0.15) is 0 Å². The lowest BCUT2D eigenvalue weighted by Crippen LogP contribution is -2.60. The summed E-state index contributed by atoms with van der Waals surface area (Å²) in [5.41, 5.74) is 0.120. The van der Waals surface area contributed by atoms with E-state index in [4.69, 9.17) is 11.6 Å². The van der Waals surface area contributed by atoms with Gasteiger partial charge in [0.05, 0.1) is 5.41 Å². The Hall–Kier alpha value is -2.32. The molecule has 4 aliphatic rings. The van der Waals surface area contributed by atoms with Gasteiger partial charge in [0, 0.05) is 76.5 Å². The highest BCUT2D eigenvalue weighted by Crippen LogP contribution is 2.43. The Balaban J connectivity index is 1.10. The van der Waals surface area contributed by atoms with Crippen molar-refractivity contribution in [2.75, 3.05) is 57.8 Å². The maximum absolute atomic E-state index is 13.6. The first kappa shape index (κ1) is 27.3. The predicted molar refractivity (Wildman–Crippen MR) is 149 cm³/mol. The van der Waals surface area contributed by atoms with Crippen LogP contribution in [0.25, 0.3) is 0 Å². The molecule has 3 saturated heterocycles. The quantitative estimate of drug-likeness (QED) is 0.596. The summed E-state index contributed by atoms with van der Waals surface area (Å²) in [6, 6.07) is 8.24. The van der Waals surface area contributed by atoms with E-state index in [1.165, 1.54) is 5.69 Å². The van der Waals surface area contributed by atoms with E-state index in [9.17, 15) is 14.4 Å². The highest BCUT2D eigenvalue weighted by molar-refractivity contribution is 6.30. The van der Waals surface area contributed by atoms with E-state index >= 15 is 0 Å². The normalized spacial score (nSPS) is 25.0. The van der Waals surface area contributed by atoms with Gasteiger partial charge in [-0.15, -0.1) is 0 Å². The minimum atomic E-state index is -0.701. The van der Waals surface area contributed by atoms with Crippen molar-refractivity contribution in [1.82, 2.24) is 20.0 Å². The fourth-order valence-corrected chi connectivity index (χ4v) is 7.37. The van der Waals surface area contributed by atoms with E-state index in [0.29, 0.717) is 25.9 Å². The molecule has 1 aliphatic carbocycles. The van der Waals surface area contributed by atoms with Crippen LogP contribution in [-0.2, 0) is 14.4 Å². The smallest absolute Gasteiger partial charge is 0.248 e. The molecule has 4 fully saturated rings. The van der Waals surface area contributed by atoms with Crippen LogP contribution in [0.5, 0.6) is 0 Å². The number of carbonyl (C=O) groups excluding carboxylic acids is 3. The number of piperazine rings is 1. The number of likely N-dealkylation sites (N-methyl/N-ethyl adjacent to an activating group) is 1. The number of hydrogen-bond donors (Lipinski definition) is 1. The molecule has 0 unspecified atom stereocenters. The number of nitrogens with one attached hydrogen (secondary N) is 1. The Morgan fingerprint density at radius 3 is 2.37 bits per heavy atom. The Kier molecular flexibility index (Phi) is 7.92. The Labute approximate surface area is 231 Å². The highest BCUT2D eigenvalue weighted by Gasteiger charge is 2.52. The molecule has 8 nitrogen and oxygen atoms in total. The van der Waals surface area contributed by atoms with E-state index in [1.807, 2.05) is 23.1 Å². The van der Waals surface area contributed by atoms with Crippen molar-refractivity contribution < 1.29 is 14.4 Å². The van der Waals surface area contributed by atoms with Crippen molar-refractivity contribution >= 4 is 35.0 Å². The summed E-state index contributed by atoms with van der Waals surface area (Å²) in [4.78, 5) is 47.4. The number of halogens is 1. The number of carbonyl (C=O) groups is 3. The monoisotopic (exact) mass is 543 g/mol. The Morgan fingerprint density at radius 1 is 1.05 bits per heavy atom. The number of amides is 3. The molecule has 1 aromatic rings.